The lowest BCUT2D eigenvalue weighted by Gasteiger charge is -2.38. The molecule has 0 aliphatic carbocycles. The number of aryl methyl sites for hydroxylation is 2. The number of amides is 2. The largest absolute Gasteiger partial charge is 0.463 e. The first-order valence-electron chi connectivity index (χ1n) is 6.81. The van der Waals surface area contributed by atoms with E-state index in [1.54, 1.807) is 11.1 Å². The Hall–Kier alpha value is -2.08. The van der Waals surface area contributed by atoms with E-state index in [9.17, 15) is 4.79 Å². The van der Waals surface area contributed by atoms with Crippen LogP contribution in [0.5, 0.6) is 5.19 Å². The Kier molecular flexibility index (Phi) is 3.79. The van der Waals surface area contributed by atoms with Crippen molar-refractivity contribution >= 4 is 23.1 Å². The maximum absolute atomic E-state index is 12.1. The average molecular weight is 303 g/mol. The molecule has 1 aromatic heterocycles. The summed E-state index contributed by atoms with van der Waals surface area (Å²) in [7, 11) is 0. The van der Waals surface area contributed by atoms with Crippen LogP contribution in [0.1, 0.15) is 11.1 Å². The summed E-state index contributed by atoms with van der Waals surface area (Å²) in [5.74, 6) is 0. The highest BCUT2D eigenvalue weighted by molar-refractivity contribution is 7.11. The topological polar surface area (TPSA) is 54.5 Å². The molecule has 0 bridgehead atoms. The second-order valence-corrected chi connectivity index (χ2v) is 6.03. The van der Waals surface area contributed by atoms with Gasteiger partial charge in [0.05, 0.1) is 13.1 Å². The minimum absolute atomic E-state index is 0.0432. The van der Waals surface area contributed by atoms with Crippen LogP contribution in [-0.2, 0) is 0 Å². The highest BCUT2D eigenvalue weighted by Crippen LogP contribution is 2.21. The van der Waals surface area contributed by atoms with Gasteiger partial charge in [0.15, 0.2) is 0 Å². The van der Waals surface area contributed by atoms with Crippen LogP contribution in [-0.4, -0.2) is 35.1 Å². The summed E-state index contributed by atoms with van der Waals surface area (Å²) in [6.07, 6.45) is 1.75. The van der Waals surface area contributed by atoms with Crippen LogP contribution in [0, 0.1) is 13.8 Å². The maximum atomic E-state index is 12.1. The second-order valence-electron chi connectivity index (χ2n) is 5.17. The number of aromatic nitrogens is 1. The quantitative estimate of drug-likeness (QED) is 0.948. The molecular formula is C15H17N3O2S. The summed E-state index contributed by atoms with van der Waals surface area (Å²) in [4.78, 5) is 17.9. The van der Waals surface area contributed by atoms with Crippen LogP contribution in [0.3, 0.4) is 0 Å². The van der Waals surface area contributed by atoms with E-state index in [0.29, 0.717) is 18.3 Å². The van der Waals surface area contributed by atoms with Gasteiger partial charge in [0.25, 0.3) is 5.19 Å². The number of nitrogens with one attached hydrogen (secondary N) is 1. The van der Waals surface area contributed by atoms with Crippen LogP contribution >= 0.6 is 11.3 Å². The van der Waals surface area contributed by atoms with Crippen molar-refractivity contribution in [2.75, 3.05) is 18.4 Å². The molecule has 0 radical (unpaired) electrons. The number of anilines is 1. The molecule has 0 atom stereocenters. The average Bonchev–Trinajstić information content (AvgIpc) is 2.90. The molecule has 6 heteroatoms. The van der Waals surface area contributed by atoms with E-state index in [4.69, 9.17) is 4.74 Å². The number of carbonyl (C=O) groups excluding carboxylic acids is 1. The van der Waals surface area contributed by atoms with Gasteiger partial charge < -0.3 is 15.0 Å². The lowest BCUT2D eigenvalue weighted by atomic mass is 10.1. The highest BCUT2D eigenvalue weighted by atomic mass is 32.1. The van der Waals surface area contributed by atoms with Gasteiger partial charge >= 0.3 is 6.03 Å². The first-order chi connectivity index (χ1) is 10.1. The SMILES string of the molecule is Cc1ccc(NC(=O)N2CC(Oc3nccs3)C2)cc1C. The third-order valence-electron chi connectivity index (χ3n) is 3.57. The predicted octanol–water partition coefficient (Wildman–Crippen LogP) is 3.06. The summed E-state index contributed by atoms with van der Waals surface area (Å²) in [5, 5.41) is 5.44. The molecule has 2 amide bonds. The van der Waals surface area contributed by atoms with E-state index >= 15 is 0 Å². The van der Waals surface area contributed by atoms with E-state index in [1.807, 2.05) is 30.5 Å². The Bertz CT molecular complexity index is 636. The normalized spacial score (nSPS) is 14.7. The third kappa shape index (κ3) is 3.16. The maximum Gasteiger partial charge on any atom is 0.322 e. The van der Waals surface area contributed by atoms with Crippen LogP contribution < -0.4 is 10.1 Å². The van der Waals surface area contributed by atoms with Crippen molar-refractivity contribution in [3.63, 3.8) is 0 Å². The van der Waals surface area contributed by atoms with Crippen LogP contribution in [0.15, 0.2) is 29.8 Å². The van der Waals surface area contributed by atoms with Crippen LogP contribution in [0.2, 0.25) is 0 Å². The number of likely N-dealkylation sites (tertiary alicyclic amines) is 1. The zero-order valence-electron chi connectivity index (χ0n) is 12.0. The number of thiazole rings is 1. The molecule has 0 saturated carbocycles. The van der Waals surface area contributed by atoms with Crippen molar-refractivity contribution in [3.05, 3.63) is 40.9 Å². The molecule has 1 aliphatic heterocycles. The molecular weight excluding hydrogens is 286 g/mol. The number of ether oxygens (including phenoxy) is 1. The van der Waals surface area contributed by atoms with E-state index in [-0.39, 0.29) is 12.1 Å². The predicted molar refractivity (Wildman–Crippen MR) is 83.0 cm³/mol. The van der Waals surface area contributed by atoms with Crippen LogP contribution in [0.4, 0.5) is 10.5 Å². The smallest absolute Gasteiger partial charge is 0.322 e. The van der Waals surface area contributed by atoms with Gasteiger partial charge in [0.2, 0.25) is 0 Å². The Labute approximate surface area is 127 Å². The van der Waals surface area contributed by atoms with Crippen molar-refractivity contribution in [3.8, 4) is 5.19 Å². The van der Waals surface area contributed by atoms with Gasteiger partial charge in [-0.3, -0.25) is 0 Å². The lowest BCUT2D eigenvalue weighted by molar-refractivity contribution is 0.0491. The first-order valence-corrected chi connectivity index (χ1v) is 7.69. The van der Waals surface area contributed by atoms with Gasteiger partial charge in [0.1, 0.15) is 6.10 Å². The zero-order chi connectivity index (χ0) is 14.8. The molecule has 3 rings (SSSR count). The Morgan fingerprint density at radius 1 is 1.38 bits per heavy atom. The number of carbonyl (C=O) groups is 1. The Morgan fingerprint density at radius 2 is 2.19 bits per heavy atom. The van der Waals surface area contributed by atoms with Gasteiger partial charge in [0, 0.05) is 17.3 Å². The summed E-state index contributed by atoms with van der Waals surface area (Å²) < 4.78 is 5.64. The highest BCUT2D eigenvalue weighted by Gasteiger charge is 2.32. The summed E-state index contributed by atoms with van der Waals surface area (Å²) in [6, 6.07) is 5.83. The van der Waals surface area contributed by atoms with Crippen molar-refractivity contribution in [2.45, 2.75) is 20.0 Å². The summed E-state index contributed by atoms with van der Waals surface area (Å²) in [6.45, 7) is 5.27. The fourth-order valence-electron chi connectivity index (χ4n) is 2.11. The van der Waals surface area contributed by atoms with Crippen LogP contribution in [0.25, 0.3) is 0 Å². The minimum atomic E-state index is -0.0859. The minimum Gasteiger partial charge on any atom is -0.463 e. The third-order valence-corrected chi connectivity index (χ3v) is 4.23. The van der Waals surface area contributed by atoms with Gasteiger partial charge in [-0.05, 0) is 37.1 Å². The monoisotopic (exact) mass is 303 g/mol. The molecule has 0 spiro atoms. The van der Waals surface area contributed by atoms with Gasteiger partial charge in [-0.25, -0.2) is 9.78 Å². The number of urea groups is 1. The van der Waals surface area contributed by atoms with Gasteiger partial charge in [-0.2, -0.15) is 0 Å². The molecule has 1 aliphatic rings. The fourth-order valence-corrected chi connectivity index (χ4v) is 2.66. The van der Waals surface area contributed by atoms with E-state index in [2.05, 4.69) is 17.2 Å². The van der Waals surface area contributed by atoms with E-state index in [1.165, 1.54) is 22.5 Å². The van der Waals surface area contributed by atoms with E-state index in [0.717, 1.165) is 5.69 Å². The lowest BCUT2D eigenvalue weighted by Crippen LogP contribution is -2.57. The fraction of sp³-hybridized carbons (Fsp3) is 0.333. The van der Waals surface area contributed by atoms with Crippen molar-refractivity contribution < 1.29 is 9.53 Å². The summed E-state index contributed by atoms with van der Waals surface area (Å²) >= 11 is 1.46. The molecule has 1 fully saturated rings. The Balaban J connectivity index is 1.50. The number of hydrogen-bond donors (Lipinski definition) is 1. The molecule has 110 valence electrons. The molecule has 2 aromatic rings. The zero-order valence-corrected chi connectivity index (χ0v) is 12.8. The molecule has 2 heterocycles. The van der Waals surface area contributed by atoms with Crippen molar-refractivity contribution in [1.29, 1.82) is 0 Å². The van der Waals surface area contributed by atoms with Crippen molar-refractivity contribution in [1.82, 2.24) is 9.88 Å². The Morgan fingerprint density at radius 3 is 2.86 bits per heavy atom. The number of rotatable bonds is 3. The molecule has 21 heavy (non-hydrogen) atoms. The summed E-state index contributed by atoms with van der Waals surface area (Å²) in [5.41, 5.74) is 3.21. The van der Waals surface area contributed by atoms with E-state index < -0.39 is 0 Å². The molecule has 5 nitrogen and oxygen atoms in total. The molecule has 1 aromatic carbocycles. The van der Waals surface area contributed by atoms with Gasteiger partial charge in [-0.1, -0.05) is 17.4 Å². The number of benzene rings is 1. The van der Waals surface area contributed by atoms with Gasteiger partial charge in [-0.15, -0.1) is 0 Å². The van der Waals surface area contributed by atoms with Crippen molar-refractivity contribution in [2.24, 2.45) is 0 Å². The second kappa shape index (κ2) is 5.73. The number of hydrogen-bond acceptors (Lipinski definition) is 4. The first kappa shape index (κ1) is 13.9. The molecule has 1 N–H and O–H groups in total. The number of nitrogens with zero attached hydrogens (tertiary/aromatic N) is 2. The standard InChI is InChI=1S/C15H17N3O2S/c1-10-3-4-12(7-11(10)2)17-14(19)18-8-13(9-18)20-15-16-5-6-21-15/h3-7,13H,8-9H2,1-2H3,(H,17,19). The molecule has 0 unspecified atom stereocenters. The molecule has 1 saturated heterocycles.